The summed E-state index contributed by atoms with van der Waals surface area (Å²) in [6.07, 6.45) is 8.30. The lowest BCUT2D eigenvalue weighted by Gasteiger charge is -2.22. The smallest absolute Gasteiger partial charge is 0.161 e. The molecule has 0 saturated heterocycles. The normalized spacial score (nSPS) is 14.5. The Morgan fingerprint density at radius 2 is 1.85 bits per heavy atom. The molecule has 1 saturated carbocycles. The lowest BCUT2D eigenvalue weighted by molar-refractivity contribution is 0.101. The van der Waals surface area contributed by atoms with Crippen molar-refractivity contribution in [3.8, 4) is 0 Å². The highest BCUT2D eigenvalue weighted by Gasteiger charge is 2.15. The summed E-state index contributed by atoms with van der Waals surface area (Å²) in [6, 6.07) is 12.5. The van der Waals surface area contributed by atoms with Crippen LogP contribution >= 0.6 is 11.6 Å². The van der Waals surface area contributed by atoms with Gasteiger partial charge < -0.3 is 5.73 Å². The average molecular weight is 372 g/mol. The molecule has 2 aromatic carbocycles. The minimum Gasteiger partial charge on any atom is -0.398 e. The van der Waals surface area contributed by atoms with Gasteiger partial charge in [0.15, 0.2) is 5.78 Å². The zero-order valence-corrected chi connectivity index (χ0v) is 16.9. The first-order chi connectivity index (χ1) is 12.4. The van der Waals surface area contributed by atoms with Crippen LogP contribution in [-0.2, 0) is 6.42 Å². The lowest BCUT2D eigenvalue weighted by Crippen LogP contribution is -2.04. The monoisotopic (exact) mass is 371 g/mol. The van der Waals surface area contributed by atoms with E-state index in [1.54, 1.807) is 17.7 Å². The Labute approximate surface area is 162 Å². The molecule has 26 heavy (non-hydrogen) atoms. The van der Waals surface area contributed by atoms with Crippen molar-refractivity contribution in [2.45, 2.75) is 65.2 Å². The molecular weight excluding hydrogens is 342 g/mol. The molecule has 0 radical (unpaired) electrons. The van der Waals surface area contributed by atoms with E-state index < -0.39 is 0 Å². The van der Waals surface area contributed by atoms with Gasteiger partial charge in [-0.3, -0.25) is 4.79 Å². The molecule has 1 fully saturated rings. The molecule has 3 rings (SSSR count). The highest BCUT2D eigenvalue weighted by Crippen LogP contribution is 2.32. The molecule has 2 aromatic rings. The summed E-state index contributed by atoms with van der Waals surface area (Å²) >= 11 is 5.76. The van der Waals surface area contributed by atoms with Crippen LogP contribution in [0.4, 0.5) is 5.69 Å². The summed E-state index contributed by atoms with van der Waals surface area (Å²) < 4.78 is 0. The van der Waals surface area contributed by atoms with Crippen LogP contribution in [0.25, 0.3) is 0 Å². The zero-order chi connectivity index (χ0) is 19.1. The van der Waals surface area contributed by atoms with E-state index >= 15 is 0 Å². The molecule has 140 valence electrons. The molecule has 0 amide bonds. The van der Waals surface area contributed by atoms with Gasteiger partial charge in [-0.05, 0) is 67.9 Å². The largest absolute Gasteiger partial charge is 0.398 e. The maximum absolute atomic E-state index is 11.0. The molecule has 0 aliphatic heterocycles. The second-order valence-corrected chi connectivity index (χ2v) is 7.61. The van der Waals surface area contributed by atoms with Crippen molar-refractivity contribution in [2.24, 2.45) is 0 Å². The third-order valence-electron chi connectivity index (χ3n) is 5.17. The fourth-order valence-electron chi connectivity index (χ4n) is 3.55. The first kappa shape index (κ1) is 20.5. The summed E-state index contributed by atoms with van der Waals surface area (Å²) in [5.74, 6) is 0.799. The topological polar surface area (TPSA) is 43.1 Å². The number of halogens is 1. The molecule has 0 bridgehead atoms. The number of hydrogen-bond donors (Lipinski definition) is 1. The van der Waals surface area contributed by atoms with Gasteiger partial charge >= 0.3 is 0 Å². The van der Waals surface area contributed by atoms with E-state index in [1.165, 1.54) is 51.0 Å². The maximum atomic E-state index is 11.0. The predicted octanol–water partition coefficient (Wildman–Crippen LogP) is 6.73. The number of carbonyl (C=O) groups excluding carboxylic acids is 1. The number of nitrogen functional groups attached to an aromatic ring is 1. The molecule has 0 spiro atoms. The summed E-state index contributed by atoms with van der Waals surface area (Å²) in [7, 11) is 0. The van der Waals surface area contributed by atoms with Crippen LogP contribution in [0.1, 0.15) is 78.9 Å². The van der Waals surface area contributed by atoms with Crippen molar-refractivity contribution in [3.63, 3.8) is 0 Å². The molecule has 2 N–H and O–H groups in total. The Kier molecular flexibility index (Phi) is 7.71. The SMILES string of the molecule is CC(=O)c1cc(Cl)cc(C)c1N.CCc1cccc(C2CCCCC2)c1. The van der Waals surface area contributed by atoms with Gasteiger partial charge in [-0.15, -0.1) is 0 Å². The Bertz CT molecular complexity index is 748. The van der Waals surface area contributed by atoms with Crippen molar-refractivity contribution < 1.29 is 4.79 Å². The van der Waals surface area contributed by atoms with E-state index in [2.05, 4.69) is 31.2 Å². The molecule has 0 atom stereocenters. The van der Waals surface area contributed by atoms with E-state index in [1.807, 2.05) is 6.92 Å². The van der Waals surface area contributed by atoms with Gasteiger partial charge in [-0.2, -0.15) is 0 Å². The number of Topliss-reactive ketones (excluding diaryl/α,β-unsaturated/α-hetero) is 1. The van der Waals surface area contributed by atoms with Crippen LogP contribution in [0.2, 0.25) is 5.02 Å². The first-order valence-corrected chi connectivity index (χ1v) is 9.95. The van der Waals surface area contributed by atoms with Gasteiger partial charge in [0, 0.05) is 16.3 Å². The van der Waals surface area contributed by atoms with Crippen LogP contribution in [0.15, 0.2) is 36.4 Å². The fourth-order valence-corrected chi connectivity index (χ4v) is 3.82. The standard InChI is InChI=1S/C14H20.C9H10ClNO/c1-2-12-7-6-10-14(11-12)13-8-4-3-5-9-13;1-5-3-7(10)4-8(6(2)12)9(5)11/h6-7,10-11,13H,2-5,8-9H2,1H3;3-4H,11H2,1-2H3. The van der Waals surface area contributed by atoms with Crippen LogP contribution in [-0.4, -0.2) is 5.78 Å². The zero-order valence-electron chi connectivity index (χ0n) is 16.1. The van der Waals surface area contributed by atoms with E-state index in [4.69, 9.17) is 17.3 Å². The van der Waals surface area contributed by atoms with E-state index in [0.29, 0.717) is 16.3 Å². The number of aryl methyl sites for hydroxylation is 2. The summed E-state index contributed by atoms with van der Waals surface area (Å²) in [5, 5.41) is 0.548. The molecule has 2 nitrogen and oxygen atoms in total. The minimum atomic E-state index is -0.0573. The van der Waals surface area contributed by atoms with E-state index in [9.17, 15) is 4.79 Å². The second kappa shape index (κ2) is 9.78. The van der Waals surface area contributed by atoms with Gasteiger partial charge in [0.2, 0.25) is 0 Å². The van der Waals surface area contributed by atoms with E-state index in [-0.39, 0.29) is 5.78 Å². The highest BCUT2D eigenvalue weighted by molar-refractivity contribution is 6.31. The van der Waals surface area contributed by atoms with Crippen LogP contribution < -0.4 is 5.73 Å². The Hall–Kier alpha value is -1.80. The number of hydrogen-bond acceptors (Lipinski definition) is 2. The third kappa shape index (κ3) is 5.60. The summed E-state index contributed by atoms with van der Waals surface area (Å²) in [5.41, 5.74) is 10.6. The number of anilines is 1. The quantitative estimate of drug-likeness (QED) is 0.480. The molecule has 0 heterocycles. The fraction of sp³-hybridized carbons (Fsp3) is 0.435. The Balaban J connectivity index is 0.000000190. The van der Waals surface area contributed by atoms with Gasteiger partial charge in [-0.25, -0.2) is 0 Å². The van der Waals surface area contributed by atoms with Crippen LogP contribution in [0, 0.1) is 6.92 Å². The summed E-state index contributed by atoms with van der Waals surface area (Å²) in [6.45, 7) is 5.54. The van der Waals surface area contributed by atoms with E-state index in [0.717, 1.165) is 11.5 Å². The van der Waals surface area contributed by atoms with Crippen molar-refractivity contribution in [3.05, 3.63) is 63.7 Å². The number of carbonyl (C=O) groups is 1. The maximum Gasteiger partial charge on any atom is 0.161 e. The molecule has 3 heteroatoms. The number of benzene rings is 2. The van der Waals surface area contributed by atoms with Crippen molar-refractivity contribution in [2.75, 3.05) is 5.73 Å². The van der Waals surface area contributed by atoms with Gasteiger partial charge in [0.25, 0.3) is 0 Å². The second-order valence-electron chi connectivity index (χ2n) is 7.17. The third-order valence-corrected chi connectivity index (χ3v) is 5.39. The molecule has 1 aliphatic carbocycles. The van der Waals surface area contributed by atoms with Crippen LogP contribution in [0.3, 0.4) is 0 Å². The molecule has 0 unspecified atom stereocenters. The van der Waals surface area contributed by atoms with Gasteiger partial charge in [0.05, 0.1) is 0 Å². The molecular formula is C23H30ClNO. The van der Waals surface area contributed by atoms with Crippen LogP contribution in [0.5, 0.6) is 0 Å². The average Bonchev–Trinajstić information content (AvgIpc) is 2.65. The number of rotatable bonds is 3. The Morgan fingerprint density at radius 1 is 1.15 bits per heavy atom. The summed E-state index contributed by atoms with van der Waals surface area (Å²) in [4.78, 5) is 11.0. The predicted molar refractivity (Wildman–Crippen MR) is 112 cm³/mol. The number of nitrogens with two attached hydrogens (primary N) is 1. The van der Waals surface area contributed by atoms with Gasteiger partial charge in [0.1, 0.15) is 0 Å². The van der Waals surface area contributed by atoms with Crippen molar-refractivity contribution in [1.29, 1.82) is 0 Å². The minimum absolute atomic E-state index is 0.0573. The van der Waals surface area contributed by atoms with Crippen molar-refractivity contribution >= 4 is 23.1 Å². The highest BCUT2D eigenvalue weighted by atomic mass is 35.5. The lowest BCUT2D eigenvalue weighted by atomic mass is 9.83. The van der Waals surface area contributed by atoms with Gasteiger partial charge in [-0.1, -0.05) is 62.1 Å². The molecule has 0 aromatic heterocycles. The van der Waals surface area contributed by atoms with Crippen molar-refractivity contribution in [1.82, 2.24) is 0 Å². The molecule has 1 aliphatic rings. The Morgan fingerprint density at radius 3 is 2.46 bits per heavy atom. The number of ketones is 1. The first-order valence-electron chi connectivity index (χ1n) is 9.57.